The van der Waals surface area contributed by atoms with Gasteiger partial charge in [-0.15, -0.1) is 0 Å². The van der Waals surface area contributed by atoms with Crippen LogP contribution >= 0.6 is 0 Å². The van der Waals surface area contributed by atoms with Gasteiger partial charge in [0.05, 0.1) is 6.54 Å². The monoisotopic (exact) mass is 307 g/mol. The molecule has 1 aromatic rings. The maximum Gasteiger partial charge on any atom is 0.193 e. The van der Waals surface area contributed by atoms with Crippen LogP contribution in [0, 0.1) is 0 Å². The summed E-state index contributed by atoms with van der Waals surface area (Å²) in [6.45, 7) is 2.64. The molecule has 1 aliphatic rings. The van der Waals surface area contributed by atoms with Crippen LogP contribution in [0.15, 0.2) is 11.3 Å². The predicted molar refractivity (Wildman–Crippen MR) is 88.7 cm³/mol. The van der Waals surface area contributed by atoms with E-state index in [1.807, 2.05) is 21.1 Å². The number of aromatic nitrogens is 3. The second-order valence-electron chi connectivity index (χ2n) is 6.05. The van der Waals surface area contributed by atoms with Crippen molar-refractivity contribution in [2.24, 2.45) is 12.0 Å². The Kier molecular flexibility index (Phi) is 6.18. The van der Waals surface area contributed by atoms with Crippen molar-refractivity contribution in [1.29, 1.82) is 0 Å². The Morgan fingerprint density at radius 1 is 1.41 bits per heavy atom. The smallest absolute Gasteiger partial charge is 0.193 e. The summed E-state index contributed by atoms with van der Waals surface area (Å²) in [5, 5.41) is 7.53. The van der Waals surface area contributed by atoms with Gasteiger partial charge in [-0.3, -0.25) is 9.67 Å². The van der Waals surface area contributed by atoms with E-state index >= 15 is 0 Å². The van der Waals surface area contributed by atoms with Gasteiger partial charge in [-0.2, -0.15) is 5.10 Å². The molecule has 1 heterocycles. The minimum atomic E-state index is 0.689. The van der Waals surface area contributed by atoms with Crippen LogP contribution in [0.25, 0.3) is 0 Å². The first-order valence-corrected chi connectivity index (χ1v) is 8.06. The largest absolute Gasteiger partial charge is 0.355 e. The standard InChI is InChI=1S/C15H29N7/c1-16-15(21(3)11-14-18-12-19-22(14)4)17-9-10-20(2)13-7-5-6-8-13/h12-13H,5-11H2,1-4H3,(H,16,17). The van der Waals surface area contributed by atoms with Gasteiger partial charge in [-0.1, -0.05) is 12.8 Å². The van der Waals surface area contributed by atoms with Crippen molar-refractivity contribution in [2.75, 3.05) is 34.2 Å². The molecule has 2 rings (SSSR count). The van der Waals surface area contributed by atoms with E-state index in [-0.39, 0.29) is 0 Å². The van der Waals surface area contributed by atoms with Gasteiger partial charge in [-0.05, 0) is 19.9 Å². The summed E-state index contributed by atoms with van der Waals surface area (Å²) < 4.78 is 1.79. The van der Waals surface area contributed by atoms with Gasteiger partial charge in [-0.25, -0.2) is 4.98 Å². The molecule has 1 aromatic heterocycles. The lowest BCUT2D eigenvalue weighted by Gasteiger charge is -2.26. The van der Waals surface area contributed by atoms with Crippen LogP contribution in [0.1, 0.15) is 31.5 Å². The first-order chi connectivity index (χ1) is 10.6. The SMILES string of the molecule is CN=C(NCCN(C)C1CCCC1)N(C)Cc1ncnn1C. The van der Waals surface area contributed by atoms with Crippen molar-refractivity contribution in [2.45, 2.75) is 38.3 Å². The predicted octanol–water partition coefficient (Wildman–Crippen LogP) is 0.697. The third kappa shape index (κ3) is 4.43. The van der Waals surface area contributed by atoms with E-state index in [1.54, 1.807) is 11.0 Å². The fourth-order valence-corrected chi connectivity index (χ4v) is 3.01. The van der Waals surface area contributed by atoms with E-state index in [2.05, 4.69) is 37.2 Å². The molecule has 0 unspecified atom stereocenters. The number of hydrogen-bond donors (Lipinski definition) is 1. The fourth-order valence-electron chi connectivity index (χ4n) is 3.01. The highest BCUT2D eigenvalue weighted by Gasteiger charge is 2.19. The third-order valence-electron chi connectivity index (χ3n) is 4.45. The summed E-state index contributed by atoms with van der Waals surface area (Å²) in [6.07, 6.45) is 7.03. The van der Waals surface area contributed by atoms with Gasteiger partial charge >= 0.3 is 0 Å². The van der Waals surface area contributed by atoms with E-state index in [4.69, 9.17) is 0 Å². The zero-order chi connectivity index (χ0) is 15.9. The molecule has 1 aliphatic carbocycles. The van der Waals surface area contributed by atoms with Crippen molar-refractivity contribution in [1.82, 2.24) is 29.9 Å². The first-order valence-electron chi connectivity index (χ1n) is 8.06. The van der Waals surface area contributed by atoms with Crippen LogP contribution in [0.2, 0.25) is 0 Å². The summed E-state index contributed by atoms with van der Waals surface area (Å²) in [5.74, 6) is 1.82. The van der Waals surface area contributed by atoms with E-state index in [0.29, 0.717) is 6.54 Å². The van der Waals surface area contributed by atoms with Crippen LogP contribution in [0.5, 0.6) is 0 Å². The van der Waals surface area contributed by atoms with Crippen molar-refractivity contribution in [3.8, 4) is 0 Å². The van der Waals surface area contributed by atoms with Gasteiger partial charge in [0, 0.05) is 40.3 Å². The number of nitrogens with zero attached hydrogens (tertiary/aromatic N) is 6. The third-order valence-corrected chi connectivity index (χ3v) is 4.45. The number of likely N-dealkylation sites (N-methyl/N-ethyl adjacent to an activating group) is 1. The average Bonchev–Trinajstić information content (AvgIpc) is 3.16. The molecule has 0 saturated heterocycles. The van der Waals surface area contributed by atoms with E-state index in [1.165, 1.54) is 25.7 Å². The summed E-state index contributed by atoms with van der Waals surface area (Å²) >= 11 is 0. The first kappa shape index (κ1) is 16.7. The van der Waals surface area contributed by atoms with Crippen molar-refractivity contribution in [3.63, 3.8) is 0 Å². The van der Waals surface area contributed by atoms with E-state index in [0.717, 1.165) is 30.9 Å². The molecule has 124 valence electrons. The molecule has 0 bridgehead atoms. The second-order valence-corrected chi connectivity index (χ2v) is 6.05. The number of hydrogen-bond acceptors (Lipinski definition) is 4. The topological polar surface area (TPSA) is 61.6 Å². The van der Waals surface area contributed by atoms with Crippen LogP contribution in [-0.4, -0.2) is 70.8 Å². The van der Waals surface area contributed by atoms with Crippen LogP contribution in [0.4, 0.5) is 0 Å². The zero-order valence-corrected chi connectivity index (χ0v) is 14.3. The molecule has 7 heteroatoms. The summed E-state index contributed by atoms with van der Waals surface area (Å²) in [5.41, 5.74) is 0. The number of aliphatic imine (C=N–C) groups is 1. The lowest BCUT2D eigenvalue weighted by molar-refractivity contribution is 0.248. The average molecular weight is 307 g/mol. The minimum absolute atomic E-state index is 0.689. The minimum Gasteiger partial charge on any atom is -0.355 e. The molecule has 7 nitrogen and oxygen atoms in total. The summed E-state index contributed by atoms with van der Waals surface area (Å²) in [7, 11) is 7.97. The molecule has 0 spiro atoms. The highest BCUT2D eigenvalue weighted by molar-refractivity contribution is 5.79. The Morgan fingerprint density at radius 3 is 2.73 bits per heavy atom. The van der Waals surface area contributed by atoms with E-state index < -0.39 is 0 Å². The molecule has 0 aliphatic heterocycles. The fraction of sp³-hybridized carbons (Fsp3) is 0.800. The van der Waals surface area contributed by atoms with Crippen LogP contribution < -0.4 is 5.32 Å². The molecular formula is C15H29N7. The Labute approximate surface area is 133 Å². The molecule has 1 saturated carbocycles. The number of guanidine groups is 1. The molecule has 0 atom stereocenters. The zero-order valence-electron chi connectivity index (χ0n) is 14.3. The Morgan fingerprint density at radius 2 is 2.14 bits per heavy atom. The Bertz CT molecular complexity index is 476. The van der Waals surface area contributed by atoms with Gasteiger partial charge in [0.2, 0.25) is 0 Å². The summed E-state index contributed by atoms with van der Waals surface area (Å²) in [6, 6.07) is 0.764. The highest BCUT2D eigenvalue weighted by atomic mass is 15.4. The van der Waals surface area contributed by atoms with Crippen molar-refractivity contribution >= 4 is 5.96 Å². The van der Waals surface area contributed by atoms with Gasteiger partial charge in [0.15, 0.2) is 5.96 Å². The Hall–Kier alpha value is -1.63. The molecular weight excluding hydrogens is 278 g/mol. The number of nitrogens with one attached hydrogen (secondary N) is 1. The highest BCUT2D eigenvalue weighted by Crippen LogP contribution is 2.21. The molecule has 1 N–H and O–H groups in total. The molecule has 22 heavy (non-hydrogen) atoms. The van der Waals surface area contributed by atoms with Crippen molar-refractivity contribution < 1.29 is 0 Å². The van der Waals surface area contributed by atoms with Gasteiger partial charge < -0.3 is 15.1 Å². The normalized spacial score (nSPS) is 16.5. The number of rotatable bonds is 6. The molecule has 0 radical (unpaired) electrons. The maximum absolute atomic E-state index is 4.35. The molecule has 0 amide bonds. The maximum atomic E-state index is 4.35. The quantitative estimate of drug-likeness (QED) is 0.619. The lowest BCUT2D eigenvalue weighted by atomic mass is 10.2. The second kappa shape index (κ2) is 8.12. The summed E-state index contributed by atoms with van der Waals surface area (Å²) in [4.78, 5) is 13.1. The van der Waals surface area contributed by atoms with Gasteiger partial charge in [0.1, 0.15) is 12.2 Å². The van der Waals surface area contributed by atoms with E-state index in [9.17, 15) is 0 Å². The molecule has 1 fully saturated rings. The molecule has 0 aromatic carbocycles. The Balaban J connectivity index is 1.75. The van der Waals surface area contributed by atoms with Crippen LogP contribution in [0.3, 0.4) is 0 Å². The number of aryl methyl sites for hydroxylation is 1. The van der Waals surface area contributed by atoms with Crippen LogP contribution in [-0.2, 0) is 13.6 Å². The van der Waals surface area contributed by atoms with Gasteiger partial charge in [0.25, 0.3) is 0 Å². The lowest BCUT2D eigenvalue weighted by Crippen LogP contribution is -2.43. The van der Waals surface area contributed by atoms with Crippen molar-refractivity contribution in [3.05, 3.63) is 12.2 Å².